The van der Waals surface area contributed by atoms with Crippen molar-refractivity contribution in [1.29, 1.82) is 0 Å². The van der Waals surface area contributed by atoms with Gasteiger partial charge in [0.25, 0.3) is 0 Å². The average Bonchev–Trinajstić information content (AvgIpc) is 3.13. The van der Waals surface area contributed by atoms with Crippen LogP contribution in [0.3, 0.4) is 0 Å². The van der Waals surface area contributed by atoms with Crippen molar-refractivity contribution >= 4 is 5.91 Å². The number of likely N-dealkylation sites (tertiary alicyclic amines) is 1. The van der Waals surface area contributed by atoms with Crippen LogP contribution in [0.25, 0.3) is 0 Å². The van der Waals surface area contributed by atoms with Gasteiger partial charge in [0.05, 0.1) is 0 Å². The highest BCUT2D eigenvalue weighted by Gasteiger charge is 2.40. The van der Waals surface area contributed by atoms with Gasteiger partial charge < -0.3 is 10.6 Å². The van der Waals surface area contributed by atoms with Crippen LogP contribution >= 0.6 is 0 Å². The third kappa shape index (κ3) is 2.89. The van der Waals surface area contributed by atoms with Crippen molar-refractivity contribution in [2.24, 2.45) is 17.6 Å². The summed E-state index contributed by atoms with van der Waals surface area (Å²) in [6, 6.07) is 6.96. The summed E-state index contributed by atoms with van der Waals surface area (Å²) in [4.78, 5) is 14.9. The van der Waals surface area contributed by atoms with E-state index in [9.17, 15) is 9.18 Å². The molecule has 22 heavy (non-hydrogen) atoms. The molecule has 1 aliphatic heterocycles. The van der Waals surface area contributed by atoms with Gasteiger partial charge in [-0.15, -0.1) is 0 Å². The van der Waals surface area contributed by atoms with Crippen LogP contribution < -0.4 is 5.73 Å². The lowest BCUT2D eigenvalue weighted by Crippen LogP contribution is -2.41. The van der Waals surface area contributed by atoms with E-state index in [0.29, 0.717) is 18.4 Å². The first-order chi connectivity index (χ1) is 10.6. The highest BCUT2D eigenvalue weighted by atomic mass is 19.1. The normalized spacial score (nSPS) is 31.7. The molecule has 0 aromatic heterocycles. The summed E-state index contributed by atoms with van der Waals surface area (Å²) in [6.07, 6.45) is 4.13. The molecule has 3 nitrogen and oxygen atoms in total. The molecule has 2 N–H and O–H groups in total. The highest BCUT2D eigenvalue weighted by molar-refractivity contribution is 5.80. The molecule has 4 atom stereocenters. The number of carbonyl (C=O) groups is 1. The largest absolute Gasteiger partial charge is 0.339 e. The van der Waals surface area contributed by atoms with Crippen LogP contribution in [0.1, 0.15) is 44.1 Å². The number of halogens is 1. The predicted molar refractivity (Wildman–Crippen MR) is 84.8 cm³/mol. The standard InChI is InChI=1S/C18H25FN2O/c1-12-9-15(13-5-7-16(19)8-6-13)11-21(12)18(22)17-4-2-3-14(17)10-20/h5-8,12,14-15,17H,2-4,9-11,20H2,1H3/t12?,14-,15?,17-/m1/s1. The maximum atomic E-state index is 13.1. The van der Waals surface area contributed by atoms with E-state index < -0.39 is 0 Å². The summed E-state index contributed by atoms with van der Waals surface area (Å²) in [6.45, 7) is 3.48. The second-order valence-electron chi connectivity index (χ2n) is 6.86. The molecule has 1 heterocycles. The highest BCUT2D eigenvalue weighted by Crippen LogP contribution is 2.37. The van der Waals surface area contributed by atoms with E-state index >= 15 is 0 Å². The van der Waals surface area contributed by atoms with Gasteiger partial charge in [-0.2, -0.15) is 0 Å². The molecule has 3 rings (SSSR count). The SMILES string of the molecule is CC1CC(c2ccc(F)cc2)CN1C(=O)[C@@H]1CCC[C@@H]1CN. The Morgan fingerprint density at radius 3 is 2.73 bits per heavy atom. The van der Waals surface area contributed by atoms with Crippen molar-refractivity contribution in [3.63, 3.8) is 0 Å². The number of hydrogen-bond donors (Lipinski definition) is 1. The minimum atomic E-state index is -0.209. The van der Waals surface area contributed by atoms with Crippen LogP contribution in [-0.4, -0.2) is 29.9 Å². The van der Waals surface area contributed by atoms with E-state index in [1.54, 1.807) is 0 Å². The molecular weight excluding hydrogens is 279 g/mol. The molecule has 120 valence electrons. The van der Waals surface area contributed by atoms with Crippen molar-refractivity contribution in [3.05, 3.63) is 35.6 Å². The lowest BCUT2D eigenvalue weighted by atomic mass is 9.94. The number of nitrogens with two attached hydrogens (primary N) is 1. The van der Waals surface area contributed by atoms with E-state index in [1.807, 2.05) is 17.0 Å². The van der Waals surface area contributed by atoms with Gasteiger partial charge in [-0.05, 0) is 56.3 Å². The lowest BCUT2D eigenvalue weighted by Gasteiger charge is -2.27. The average molecular weight is 304 g/mol. The van der Waals surface area contributed by atoms with E-state index in [2.05, 4.69) is 6.92 Å². The number of amides is 1. The predicted octanol–water partition coefficient (Wildman–Crippen LogP) is 2.91. The number of hydrogen-bond acceptors (Lipinski definition) is 2. The summed E-state index contributed by atoms with van der Waals surface area (Å²) in [5, 5.41) is 0. The minimum absolute atomic E-state index is 0.111. The first kappa shape index (κ1) is 15.5. The molecule has 4 heteroatoms. The Kier molecular flexibility index (Phi) is 4.48. The third-order valence-corrected chi connectivity index (χ3v) is 5.48. The van der Waals surface area contributed by atoms with Crippen molar-refractivity contribution in [1.82, 2.24) is 4.90 Å². The zero-order valence-corrected chi connectivity index (χ0v) is 13.2. The fourth-order valence-corrected chi connectivity index (χ4v) is 4.17. The minimum Gasteiger partial charge on any atom is -0.339 e. The molecular formula is C18H25FN2O. The van der Waals surface area contributed by atoms with Gasteiger partial charge in [-0.25, -0.2) is 4.39 Å². The van der Waals surface area contributed by atoms with Crippen LogP contribution in [-0.2, 0) is 4.79 Å². The molecule has 1 aliphatic carbocycles. The maximum Gasteiger partial charge on any atom is 0.226 e. The van der Waals surface area contributed by atoms with Gasteiger partial charge >= 0.3 is 0 Å². The molecule has 0 radical (unpaired) electrons. The van der Waals surface area contributed by atoms with Crippen LogP contribution in [0, 0.1) is 17.7 Å². The van der Waals surface area contributed by atoms with Gasteiger partial charge in [0.1, 0.15) is 5.82 Å². The van der Waals surface area contributed by atoms with E-state index in [1.165, 1.54) is 12.1 Å². The first-order valence-electron chi connectivity index (χ1n) is 8.36. The summed E-state index contributed by atoms with van der Waals surface area (Å²) in [7, 11) is 0. The first-order valence-corrected chi connectivity index (χ1v) is 8.36. The number of rotatable bonds is 3. The molecule has 1 saturated carbocycles. The van der Waals surface area contributed by atoms with Gasteiger partial charge in [0.2, 0.25) is 5.91 Å². The summed E-state index contributed by atoms with van der Waals surface area (Å²) < 4.78 is 13.1. The molecule has 1 saturated heterocycles. The summed E-state index contributed by atoms with van der Waals surface area (Å²) >= 11 is 0. The summed E-state index contributed by atoms with van der Waals surface area (Å²) in [5.74, 6) is 0.853. The fourth-order valence-electron chi connectivity index (χ4n) is 4.17. The Balaban J connectivity index is 1.70. The number of benzene rings is 1. The van der Waals surface area contributed by atoms with Gasteiger partial charge in [0, 0.05) is 24.4 Å². The van der Waals surface area contributed by atoms with Gasteiger partial charge in [0.15, 0.2) is 0 Å². The molecule has 0 spiro atoms. The number of carbonyl (C=O) groups excluding carboxylic acids is 1. The second kappa shape index (κ2) is 6.37. The van der Waals surface area contributed by atoms with E-state index in [-0.39, 0.29) is 23.7 Å². The Bertz CT molecular complexity index is 530. The van der Waals surface area contributed by atoms with Gasteiger partial charge in [-0.3, -0.25) is 4.79 Å². The molecule has 1 aromatic rings. The van der Waals surface area contributed by atoms with Crippen LogP contribution in [0.5, 0.6) is 0 Å². The Hall–Kier alpha value is -1.42. The van der Waals surface area contributed by atoms with Crippen molar-refractivity contribution in [2.75, 3.05) is 13.1 Å². The second-order valence-corrected chi connectivity index (χ2v) is 6.86. The third-order valence-electron chi connectivity index (χ3n) is 5.48. The molecule has 2 fully saturated rings. The van der Waals surface area contributed by atoms with Gasteiger partial charge in [-0.1, -0.05) is 18.6 Å². The smallest absolute Gasteiger partial charge is 0.226 e. The molecule has 2 unspecified atom stereocenters. The molecule has 1 aromatic carbocycles. The topological polar surface area (TPSA) is 46.3 Å². The van der Waals surface area contributed by atoms with Crippen molar-refractivity contribution in [2.45, 2.75) is 44.6 Å². The monoisotopic (exact) mass is 304 g/mol. The Labute approximate surface area is 131 Å². The van der Waals surface area contributed by atoms with Crippen LogP contribution in [0.4, 0.5) is 4.39 Å². The zero-order chi connectivity index (χ0) is 15.7. The fraction of sp³-hybridized carbons (Fsp3) is 0.611. The molecule has 2 aliphatic rings. The molecule has 0 bridgehead atoms. The lowest BCUT2D eigenvalue weighted by molar-refractivity contribution is -0.137. The van der Waals surface area contributed by atoms with E-state index in [0.717, 1.165) is 37.8 Å². The quantitative estimate of drug-likeness (QED) is 0.933. The summed E-state index contributed by atoms with van der Waals surface area (Å²) in [5.41, 5.74) is 6.95. The van der Waals surface area contributed by atoms with Crippen LogP contribution in [0.2, 0.25) is 0 Å². The van der Waals surface area contributed by atoms with Crippen molar-refractivity contribution in [3.8, 4) is 0 Å². The maximum absolute atomic E-state index is 13.1. The Morgan fingerprint density at radius 1 is 1.32 bits per heavy atom. The Morgan fingerprint density at radius 2 is 2.05 bits per heavy atom. The number of nitrogens with zero attached hydrogens (tertiary/aromatic N) is 1. The van der Waals surface area contributed by atoms with Crippen LogP contribution in [0.15, 0.2) is 24.3 Å². The van der Waals surface area contributed by atoms with E-state index in [4.69, 9.17) is 5.73 Å². The molecule has 1 amide bonds. The van der Waals surface area contributed by atoms with Crippen molar-refractivity contribution < 1.29 is 9.18 Å². The zero-order valence-electron chi connectivity index (χ0n) is 13.2.